The first-order valence-electron chi connectivity index (χ1n) is 5.82. The number of hydrogen-bond acceptors (Lipinski definition) is 1. The third kappa shape index (κ3) is 1.53. The summed E-state index contributed by atoms with van der Waals surface area (Å²) in [5.74, 6) is 0. The van der Waals surface area contributed by atoms with E-state index in [1.165, 1.54) is 10.9 Å². The van der Waals surface area contributed by atoms with Crippen molar-refractivity contribution < 1.29 is 2.82 Å². The fourth-order valence-corrected chi connectivity index (χ4v) is 1.89. The van der Waals surface area contributed by atoms with Gasteiger partial charge in [0, 0.05) is 22.6 Å². The lowest BCUT2D eigenvalue weighted by atomic mass is 10.0. The van der Waals surface area contributed by atoms with Gasteiger partial charge in [0.25, 0.3) is 0 Å². The van der Waals surface area contributed by atoms with Gasteiger partial charge < -0.3 is 10.7 Å². The number of benzene rings is 1. The second-order valence-corrected chi connectivity index (χ2v) is 3.83. The Kier molecular flexibility index (Phi) is 1.75. The minimum atomic E-state index is -0.0992. The van der Waals surface area contributed by atoms with Gasteiger partial charge in [-0.3, -0.25) is 0 Å². The average molecular weight is 190 g/mol. The smallest absolute Gasteiger partial charge is 0.119 e. The first kappa shape index (κ1) is 7.07. The molecular formula is C12H16N2. The highest BCUT2D eigenvalue weighted by Crippen LogP contribution is 2.22. The molecule has 0 aliphatic heterocycles. The van der Waals surface area contributed by atoms with E-state index in [9.17, 15) is 0 Å². The minimum Gasteiger partial charge on any atom is -0.358 e. The molecule has 14 heavy (non-hydrogen) atoms. The van der Waals surface area contributed by atoms with E-state index in [1.54, 1.807) is 0 Å². The molecule has 0 aliphatic rings. The number of H-pyrrole nitrogens is 1. The molecule has 0 fully saturated rings. The normalized spacial score (nSPS) is 15.6. The Hall–Kier alpha value is -1.28. The van der Waals surface area contributed by atoms with Crippen LogP contribution in [0, 0.1) is 6.92 Å². The van der Waals surface area contributed by atoms with Crippen LogP contribution in [-0.4, -0.2) is 11.0 Å². The van der Waals surface area contributed by atoms with Crippen LogP contribution in [-0.2, 0) is 6.42 Å². The fourth-order valence-electron chi connectivity index (χ4n) is 1.89. The SMILES string of the molecule is [2H]N([2H])C(C)Cc1c(C)[nH]c2ccccc12. The molecule has 2 heteroatoms. The zero-order valence-electron chi connectivity index (χ0n) is 10.5. The fraction of sp³-hybridized carbons (Fsp3) is 0.333. The molecule has 0 amide bonds. The predicted octanol–water partition coefficient (Wildman–Crippen LogP) is 2.37. The molecule has 1 atom stereocenters. The topological polar surface area (TPSA) is 41.8 Å². The van der Waals surface area contributed by atoms with E-state index in [1.807, 2.05) is 26.0 Å². The largest absolute Gasteiger partial charge is 0.358 e. The highest BCUT2D eigenvalue weighted by Gasteiger charge is 2.08. The molecule has 0 spiro atoms. The molecule has 2 rings (SSSR count). The number of rotatable bonds is 3. The van der Waals surface area contributed by atoms with E-state index in [0.717, 1.165) is 23.4 Å². The Bertz CT molecular complexity index is 491. The summed E-state index contributed by atoms with van der Waals surface area (Å²) in [7, 11) is 0. The number of para-hydroxylation sites is 1. The van der Waals surface area contributed by atoms with E-state index >= 15 is 0 Å². The van der Waals surface area contributed by atoms with Gasteiger partial charge in [-0.15, -0.1) is 0 Å². The predicted molar refractivity (Wildman–Crippen MR) is 60.4 cm³/mol. The van der Waals surface area contributed by atoms with Crippen molar-refractivity contribution in [3.8, 4) is 0 Å². The molecule has 0 saturated carbocycles. The van der Waals surface area contributed by atoms with Crippen molar-refractivity contribution >= 4 is 10.9 Å². The molecule has 74 valence electrons. The Labute approximate surface area is 87.0 Å². The summed E-state index contributed by atoms with van der Waals surface area (Å²) in [6.45, 7) is 3.93. The van der Waals surface area contributed by atoms with Crippen LogP contribution in [0.15, 0.2) is 24.3 Å². The van der Waals surface area contributed by atoms with Crippen LogP contribution in [0.5, 0.6) is 0 Å². The molecule has 2 nitrogen and oxygen atoms in total. The first-order chi connectivity index (χ1) is 7.59. The molecule has 1 heterocycles. The lowest BCUT2D eigenvalue weighted by Crippen LogP contribution is -2.18. The van der Waals surface area contributed by atoms with Gasteiger partial charge in [0.15, 0.2) is 0 Å². The summed E-state index contributed by atoms with van der Waals surface area (Å²) in [5, 5.41) is 1.20. The first-order valence-corrected chi connectivity index (χ1v) is 4.92. The van der Waals surface area contributed by atoms with E-state index in [2.05, 4.69) is 17.1 Å². The summed E-state index contributed by atoms with van der Waals surface area (Å²) in [5.41, 5.74) is 4.24. The lowest BCUT2D eigenvalue weighted by Gasteiger charge is -2.04. The zero-order chi connectivity index (χ0) is 11.7. The Balaban J connectivity index is 2.40. The zero-order valence-corrected chi connectivity index (χ0v) is 8.54. The van der Waals surface area contributed by atoms with Gasteiger partial charge in [-0.2, -0.15) is 0 Å². The highest BCUT2D eigenvalue weighted by atomic mass is 14.7. The maximum absolute atomic E-state index is 7.25. The van der Waals surface area contributed by atoms with Gasteiger partial charge in [0.1, 0.15) is 2.82 Å². The van der Waals surface area contributed by atoms with Gasteiger partial charge in [0.05, 0.1) is 0 Å². The van der Waals surface area contributed by atoms with E-state index < -0.39 is 0 Å². The van der Waals surface area contributed by atoms with Gasteiger partial charge in [-0.05, 0) is 31.9 Å². The number of nitrogens with one attached hydrogen (secondary N) is 1. The monoisotopic (exact) mass is 190 g/mol. The molecule has 0 aliphatic carbocycles. The second kappa shape index (κ2) is 3.46. The van der Waals surface area contributed by atoms with Crippen molar-refractivity contribution in [1.82, 2.24) is 4.98 Å². The molecule has 0 radical (unpaired) electrons. The summed E-state index contributed by atoms with van der Waals surface area (Å²) < 4.78 is 14.5. The Morgan fingerprint density at radius 3 is 3.07 bits per heavy atom. The van der Waals surface area contributed by atoms with E-state index in [0.29, 0.717) is 0 Å². The van der Waals surface area contributed by atoms with Crippen LogP contribution in [0.4, 0.5) is 0 Å². The van der Waals surface area contributed by atoms with Crippen LogP contribution in [0.25, 0.3) is 10.9 Å². The molecule has 1 aromatic heterocycles. The molecule has 1 aromatic carbocycles. The molecular weight excluding hydrogens is 172 g/mol. The molecule has 3 N–H and O–H groups in total. The van der Waals surface area contributed by atoms with Crippen molar-refractivity contribution in [3.05, 3.63) is 35.5 Å². The lowest BCUT2D eigenvalue weighted by molar-refractivity contribution is 0.738. The van der Waals surface area contributed by atoms with Crippen LogP contribution in [0.1, 0.15) is 18.2 Å². The van der Waals surface area contributed by atoms with E-state index in [-0.39, 0.29) is 6.04 Å². The maximum Gasteiger partial charge on any atom is 0.119 e. The summed E-state index contributed by atoms with van der Waals surface area (Å²) in [6.07, 6.45) is 0.725. The highest BCUT2D eigenvalue weighted by molar-refractivity contribution is 5.84. The standard InChI is InChI=1S/C12H16N2/c1-8(13)7-11-9(2)14-12-6-4-3-5-10(11)12/h3-6,8,14H,7,13H2,1-2H3/i/hD2. The number of fused-ring (bicyclic) bond motifs is 1. The number of nitrogens with two attached hydrogens (primary N) is 1. The van der Waals surface area contributed by atoms with Crippen LogP contribution in [0.2, 0.25) is 2.82 Å². The van der Waals surface area contributed by atoms with Crippen molar-refractivity contribution in [2.45, 2.75) is 26.3 Å². The van der Waals surface area contributed by atoms with Crippen molar-refractivity contribution in [1.29, 1.82) is 0 Å². The van der Waals surface area contributed by atoms with Gasteiger partial charge in [0.2, 0.25) is 0 Å². The van der Waals surface area contributed by atoms with Crippen LogP contribution < -0.4 is 5.72 Å². The molecule has 2 aromatic rings. The minimum absolute atomic E-state index is 0.0992. The Morgan fingerprint density at radius 1 is 1.50 bits per heavy atom. The number of aromatic nitrogens is 1. The van der Waals surface area contributed by atoms with Crippen molar-refractivity contribution in [2.75, 3.05) is 0 Å². The van der Waals surface area contributed by atoms with E-state index in [4.69, 9.17) is 2.82 Å². The maximum atomic E-state index is 7.25. The summed E-state index contributed by atoms with van der Waals surface area (Å²) >= 11 is 0. The average Bonchev–Trinajstić information content (AvgIpc) is 2.55. The van der Waals surface area contributed by atoms with Crippen molar-refractivity contribution in [3.63, 3.8) is 0 Å². The number of aromatic amines is 1. The molecule has 1 unspecified atom stereocenters. The van der Waals surface area contributed by atoms with Gasteiger partial charge >= 0.3 is 0 Å². The van der Waals surface area contributed by atoms with Gasteiger partial charge in [-0.1, -0.05) is 18.2 Å². The molecule has 0 bridgehead atoms. The van der Waals surface area contributed by atoms with Crippen molar-refractivity contribution in [2.24, 2.45) is 5.72 Å². The summed E-state index contributed by atoms with van der Waals surface area (Å²) in [6, 6.07) is 8.06. The third-order valence-corrected chi connectivity index (χ3v) is 2.53. The quantitative estimate of drug-likeness (QED) is 0.766. The third-order valence-electron chi connectivity index (χ3n) is 2.53. The Morgan fingerprint density at radius 2 is 2.29 bits per heavy atom. The second-order valence-electron chi connectivity index (χ2n) is 3.83. The number of hydrogen-bond donors (Lipinski definition) is 2. The van der Waals surface area contributed by atoms with Crippen LogP contribution >= 0.6 is 0 Å². The van der Waals surface area contributed by atoms with Crippen LogP contribution in [0.3, 0.4) is 0 Å². The number of aryl methyl sites for hydroxylation is 1. The summed E-state index contributed by atoms with van der Waals surface area (Å²) in [4.78, 5) is 3.33. The van der Waals surface area contributed by atoms with Gasteiger partial charge in [-0.25, -0.2) is 0 Å². The molecule has 0 saturated heterocycles.